The van der Waals surface area contributed by atoms with E-state index in [2.05, 4.69) is 13.8 Å². The fourth-order valence-corrected chi connectivity index (χ4v) is 1.28. The van der Waals surface area contributed by atoms with E-state index >= 15 is 0 Å². The molecule has 0 saturated carbocycles. The van der Waals surface area contributed by atoms with E-state index in [1.54, 1.807) is 0 Å². The first kappa shape index (κ1) is 11.9. The Kier molecular flexibility index (Phi) is 5.44. The second kappa shape index (κ2) is 5.50. The lowest BCUT2D eigenvalue weighted by molar-refractivity contribution is 0.462. The Morgan fingerprint density at radius 3 is 2.33 bits per heavy atom. The topological polar surface area (TPSA) is 66.4 Å². The van der Waals surface area contributed by atoms with Crippen LogP contribution in [0.3, 0.4) is 0 Å². The third-order valence-corrected chi connectivity index (χ3v) is 2.06. The van der Waals surface area contributed by atoms with Crippen LogP contribution in [0.4, 0.5) is 0 Å². The molecule has 74 valence electrons. The molecule has 0 fully saturated rings. The summed E-state index contributed by atoms with van der Waals surface area (Å²) in [7, 11) is -3.97. The molecule has 4 nitrogen and oxygen atoms in total. The molecule has 0 unspecified atom stereocenters. The van der Waals surface area contributed by atoms with Crippen molar-refractivity contribution in [3.8, 4) is 0 Å². The quantitative estimate of drug-likeness (QED) is 0.494. The van der Waals surface area contributed by atoms with Crippen molar-refractivity contribution in [1.82, 2.24) is 4.72 Å². The zero-order chi connectivity index (χ0) is 9.61. The van der Waals surface area contributed by atoms with Gasteiger partial charge in [-0.25, -0.2) is 0 Å². The van der Waals surface area contributed by atoms with Gasteiger partial charge in [0.25, 0.3) is 0 Å². The average molecular weight is 195 g/mol. The fourth-order valence-electron chi connectivity index (χ4n) is 0.879. The number of nitrogens with one attached hydrogen (secondary N) is 1. The van der Waals surface area contributed by atoms with E-state index in [1.165, 1.54) is 0 Å². The molecular formula is C7H17NO3S. The minimum atomic E-state index is -3.97. The Morgan fingerprint density at radius 2 is 1.92 bits per heavy atom. The Bertz CT molecular complexity index is 199. The summed E-state index contributed by atoms with van der Waals surface area (Å²) in [6, 6.07) is 0. The fraction of sp³-hybridized carbons (Fsp3) is 1.00. The van der Waals surface area contributed by atoms with Crippen LogP contribution in [0.2, 0.25) is 0 Å². The van der Waals surface area contributed by atoms with Crippen molar-refractivity contribution >= 4 is 10.3 Å². The summed E-state index contributed by atoms with van der Waals surface area (Å²) in [6.07, 6.45) is 2.85. The molecule has 0 saturated heterocycles. The van der Waals surface area contributed by atoms with Gasteiger partial charge in [-0.3, -0.25) is 4.55 Å². The first-order valence-corrected chi connectivity index (χ1v) is 5.58. The number of hydrogen-bond donors (Lipinski definition) is 2. The molecule has 0 amide bonds. The Labute approximate surface area is 74.2 Å². The van der Waals surface area contributed by atoms with Gasteiger partial charge in [-0.05, 0) is 12.3 Å². The summed E-state index contributed by atoms with van der Waals surface area (Å²) in [6.45, 7) is 4.57. The highest BCUT2D eigenvalue weighted by molar-refractivity contribution is 7.83. The SMILES string of the molecule is CC(C)CCCCNS(=O)(=O)O. The van der Waals surface area contributed by atoms with Crippen molar-refractivity contribution in [1.29, 1.82) is 0 Å². The van der Waals surface area contributed by atoms with E-state index in [0.29, 0.717) is 12.5 Å². The van der Waals surface area contributed by atoms with Crippen molar-refractivity contribution < 1.29 is 13.0 Å². The molecule has 12 heavy (non-hydrogen) atoms. The average Bonchev–Trinajstić information content (AvgIpc) is 1.83. The smallest absolute Gasteiger partial charge is 0.273 e. The van der Waals surface area contributed by atoms with Gasteiger partial charge in [-0.15, -0.1) is 0 Å². The molecule has 0 bridgehead atoms. The van der Waals surface area contributed by atoms with E-state index in [0.717, 1.165) is 19.3 Å². The first-order valence-electron chi connectivity index (χ1n) is 4.14. The van der Waals surface area contributed by atoms with Crippen LogP contribution in [0, 0.1) is 5.92 Å². The Balaban J connectivity index is 3.23. The molecule has 0 aliphatic carbocycles. The molecule has 0 aromatic heterocycles. The van der Waals surface area contributed by atoms with Crippen LogP contribution in [-0.4, -0.2) is 19.5 Å². The van der Waals surface area contributed by atoms with Crippen molar-refractivity contribution in [2.75, 3.05) is 6.54 Å². The highest BCUT2D eigenvalue weighted by atomic mass is 32.2. The molecule has 0 aliphatic rings. The lowest BCUT2D eigenvalue weighted by atomic mass is 10.1. The molecule has 0 spiro atoms. The zero-order valence-electron chi connectivity index (χ0n) is 7.58. The van der Waals surface area contributed by atoms with Gasteiger partial charge in [-0.1, -0.05) is 26.7 Å². The first-order chi connectivity index (χ1) is 5.42. The third-order valence-electron chi connectivity index (χ3n) is 1.49. The molecule has 0 aliphatic heterocycles. The third kappa shape index (κ3) is 9.87. The van der Waals surface area contributed by atoms with E-state index in [-0.39, 0.29) is 0 Å². The lowest BCUT2D eigenvalue weighted by Crippen LogP contribution is -2.23. The molecule has 5 heteroatoms. The molecular weight excluding hydrogens is 178 g/mol. The van der Waals surface area contributed by atoms with E-state index in [9.17, 15) is 8.42 Å². The predicted molar refractivity (Wildman–Crippen MR) is 48.2 cm³/mol. The van der Waals surface area contributed by atoms with Gasteiger partial charge in [0.05, 0.1) is 0 Å². The summed E-state index contributed by atoms with van der Waals surface area (Å²) in [5.41, 5.74) is 0. The monoisotopic (exact) mass is 195 g/mol. The van der Waals surface area contributed by atoms with Crippen LogP contribution in [0.25, 0.3) is 0 Å². The van der Waals surface area contributed by atoms with Crippen molar-refractivity contribution in [3.05, 3.63) is 0 Å². The molecule has 0 aromatic carbocycles. The lowest BCUT2D eigenvalue weighted by Gasteiger charge is -2.03. The largest absolute Gasteiger partial charge is 0.333 e. The van der Waals surface area contributed by atoms with Gasteiger partial charge in [0.2, 0.25) is 0 Å². The highest BCUT2D eigenvalue weighted by Crippen LogP contribution is 2.04. The zero-order valence-corrected chi connectivity index (χ0v) is 8.39. The summed E-state index contributed by atoms with van der Waals surface area (Å²) < 4.78 is 30.7. The van der Waals surface area contributed by atoms with Crippen molar-refractivity contribution in [2.45, 2.75) is 33.1 Å². The minimum absolute atomic E-state index is 0.325. The van der Waals surface area contributed by atoms with Crippen LogP contribution in [0.1, 0.15) is 33.1 Å². The standard InChI is InChI=1S/C7H17NO3S/c1-7(2)5-3-4-6-8-12(9,10)11/h7-8H,3-6H2,1-2H3,(H,9,10,11). The molecule has 0 atom stereocenters. The molecule has 0 heterocycles. The normalized spacial score (nSPS) is 12.3. The maximum absolute atomic E-state index is 10.2. The Hall–Kier alpha value is -0.130. The second-order valence-electron chi connectivity index (χ2n) is 3.26. The van der Waals surface area contributed by atoms with Crippen LogP contribution in [0.5, 0.6) is 0 Å². The van der Waals surface area contributed by atoms with Crippen molar-refractivity contribution in [2.24, 2.45) is 5.92 Å². The summed E-state index contributed by atoms with van der Waals surface area (Å²) in [5, 5.41) is 0. The van der Waals surface area contributed by atoms with E-state index in [4.69, 9.17) is 4.55 Å². The van der Waals surface area contributed by atoms with Gasteiger partial charge in [0.1, 0.15) is 0 Å². The number of rotatable bonds is 6. The highest BCUT2D eigenvalue weighted by Gasteiger charge is 2.00. The minimum Gasteiger partial charge on any atom is -0.273 e. The van der Waals surface area contributed by atoms with E-state index < -0.39 is 10.3 Å². The molecule has 0 rings (SSSR count). The van der Waals surface area contributed by atoms with E-state index in [1.807, 2.05) is 4.72 Å². The van der Waals surface area contributed by atoms with Crippen LogP contribution < -0.4 is 4.72 Å². The molecule has 0 aromatic rings. The predicted octanol–water partition coefficient (Wildman–Crippen LogP) is 1.21. The number of hydrogen-bond acceptors (Lipinski definition) is 2. The van der Waals surface area contributed by atoms with Gasteiger partial charge >= 0.3 is 10.3 Å². The van der Waals surface area contributed by atoms with Crippen LogP contribution >= 0.6 is 0 Å². The van der Waals surface area contributed by atoms with Crippen molar-refractivity contribution in [3.63, 3.8) is 0 Å². The van der Waals surface area contributed by atoms with Gasteiger partial charge in [0.15, 0.2) is 0 Å². The maximum atomic E-state index is 10.2. The summed E-state index contributed by atoms with van der Waals surface area (Å²) >= 11 is 0. The molecule has 0 radical (unpaired) electrons. The second-order valence-corrected chi connectivity index (χ2v) is 4.50. The van der Waals surface area contributed by atoms with Crippen LogP contribution in [-0.2, 0) is 10.3 Å². The molecule has 2 N–H and O–H groups in total. The summed E-state index contributed by atoms with van der Waals surface area (Å²) in [5.74, 6) is 0.649. The maximum Gasteiger partial charge on any atom is 0.333 e. The van der Waals surface area contributed by atoms with Gasteiger partial charge in [0, 0.05) is 6.54 Å². The van der Waals surface area contributed by atoms with Gasteiger partial charge < -0.3 is 0 Å². The van der Waals surface area contributed by atoms with Crippen LogP contribution in [0.15, 0.2) is 0 Å². The van der Waals surface area contributed by atoms with Gasteiger partial charge in [-0.2, -0.15) is 13.1 Å². The Morgan fingerprint density at radius 1 is 1.33 bits per heavy atom. The number of unbranched alkanes of at least 4 members (excludes halogenated alkanes) is 1. The summed E-state index contributed by atoms with van der Waals surface area (Å²) in [4.78, 5) is 0.